The smallest absolute Gasteiger partial charge is 0.00490 e. The van der Waals surface area contributed by atoms with Crippen molar-refractivity contribution in [3.63, 3.8) is 0 Å². The fourth-order valence-corrected chi connectivity index (χ4v) is 0.729. The summed E-state index contributed by atoms with van der Waals surface area (Å²) in [6.45, 7) is 6.86. The van der Waals surface area contributed by atoms with Crippen molar-refractivity contribution in [1.82, 2.24) is 5.32 Å². The van der Waals surface area contributed by atoms with Gasteiger partial charge in [-0.25, -0.2) is 0 Å². The van der Waals surface area contributed by atoms with E-state index in [0.717, 1.165) is 0 Å². The van der Waals surface area contributed by atoms with E-state index < -0.39 is 0 Å². The number of hydrogen-bond donors (Lipinski definition) is 3. The fourth-order valence-electron chi connectivity index (χ4n) is 0.729. The molecular formula is C8H23N3. The third-order valence-electron chi connectivity index (χ3n) is 1.41. The quantitative estimate of drug-likeness (QED) is 0.309. The first-order chi connectivity index (χ1) is 5.41. The van der Waals surface area contributed by atoms with Gasteiger partial charge in [0.15, 0.2) is 0 Å². The minimum absolute atomic E-state index is 1.20. The Kier molecular flexibility index (Phi) is 20.2. The third kappa shape index (κ3) is 17.7. The average molecular weight is 161 g/mol. The summed E-state index contributed by atoms with van der Waals surface area (Å²) >= 11 is 0. The normalized spacial score (nSPS) is 8.73. The van der Waals surface area contributed by atoms with Gasteiger partial charge in [0.05, 0.1) is 0 Å². The van der Waals surface area contributed by atoms with E-state index in [9.17, 15) is 0 Å². The van der Waals surface area contributed by atoms with Crippen molar-refractivity contribution in [2.24, 2.45) is 11.7 Å². The Labute approximate surface area is 70.5 Å². The van der Waals surface area contributed by atoms with E-state index in [0.29, 0.717) is 0 Å². The van der Waals surface area contributed by atoms with Gasteiger partial charge in [-0.1, -0.05) is 26.7 Å². The summed E-state index contributed by atoms with van der Waals surface area (Å²) in [5.41, 5.74) is 0. The molecule has 3 nitrogen and oxygen atoms in total. The Balaban J connectivity index is 0. The third-order valence-corrected chi connectivity index (χ3v) is 1.41. The molecule has 0 amide bonds. The standard InChI is InChI=1S/C8H19N.H4N2/c1-3-5-7-9-8-6-4-2;1-2/h9H,3-8H2,1-2H3;1-2H2. The van der Waals surface area contributed by atoms with Crippen LogP contribution in [0.4, 0.5) is 0 Å². The van der Waals surface area contributed by atoms with Crippen molar-refractivity contribution in [3.05, 3.63) is 0 Å². The number of unbranched alkanes of at least 4 members (excludes halogenated alkanes) is 2. The van der Waals surface area contributed by atoms with Crippen LogP contribution in [0.25, 0.3) is 0 Å². The number of rotatable bonds is 6. The van der Waals surface area contributed by atoms with E-state index in [-0.39, 0.29) is 0 Å². The number of hydrogen-bond acceptors (Lipinski definition) is 3. The molecule has 0 fully saturated rings. The molecule has 0 rings (SSSR count). The van der Waals surface area contributed by atoms with Crippen LogP contribution in [0.5, 0.6) is 0 Å². The molecule has 0 aromatic carbocycles. The molecule has 0 radical (unpaired) electrons. The minimum Gasteiger partial charge on any atom is -0.317 e. The highest BCUT2D eigenvalue weighted by Crippen LogP contribution is 1.85. The highest BCUT2D eigenvalue weighted by atomic mass is 15.0. The maximum Gasteiger partial charge on any atom is -0.00490 e. The van der Waals surface area contributed by atoms with Crippen molar-refractivity contribution in [2.45, 2.75) is 39.5 Å². The topological polar surface area (TPSA) is 64.1 Å². The molecule has 0 aliphatic heterocycles. The molecule has 0 aliphatic rings. The monoisotopic (exact) mass is 161 g/mol. The summed E-state index contributed by atoms with van der Waals surface area (Å²) in [5, 5.41) is 3.39. The summed E-state index contributed by atoms with van der Waals surface area (Å²) in [5.74, 6) is 8.00. The molecule has 0 aromatic rings. The predicted molar refractivity (Wildman–Crippen MR) is 51.1 cm³/mol. The molecule has 0 heterocycles. The van der Waals surface area contributed by atoms with E-state index in [2.05, 4.69) is 30.8 Å². The SMILES string of the molecule is CCCCNCCCC.NN. The van der Waals surface area contributed by atoms with Crippen LogP contribution in [-0.2, 0) is 0 Å². The predicted octanol–water partition coefficient (Wildman–Crippen LogP) is 0.995. The molecule has 0 saturated heterocycles. The molecule has 0 bridgehead atoms. The van der Waals surface area contributed by atoms with Crippen LogP contribution in [0, 0.1) is 0 Å². The summed E-state index contributed by atoms with van der Waals surface area (Å²) < 4.78 is 0. The summed E-state index contributed by atoms with van der Waals surface area (Å²) in [7, 11) is 0. The number of hydrazine groups is 1. The Hall–Kier alpha value is -0.120. The van der Waals surface area contributed by atoms with Crippen molar-refractivity contribution in [2.75, 3.05) is 13.1 Å². The first-order valence-electron chi connectivity index (χ1n) is 4.45. The van der Waals surface area contributed by atoms with Crippen LogP contribution in [0.1, 0.15) is 39.5 Å². The van der Waals surface area contributed by atoms with E-state index >= 15 is 0 Å². The van der Waals surface area contributed by atoms with Crippen molar-refractivity contribution >= 4 is 0 Å². The van der Waals surface area contributed by atoms with Crippen LogP contribution >= 0.6 is 0 Å². The molecule has 0 aliphatic carbocycles. The Bertz CT molecular complexity index is 42.6. The Morgan fingerprint density at radius 3 is 1.55 bits per heavy atom. The molecule has 5 N–H and O–H groups in total. The van der Waals surface area contributed by atoms with Crippen LogP contribution in [-0.4, -0.2) is 13.1 Å². The number of nitrogens with two attached hydrogens (primary N) is 2. The molecule has 0 saturated carbocycles. The van der Waals surface area contributed by atoms with Crippen LogP contribution in [0.3, 0.4) is 0 Å². The molecule has 0 unspecified atom stereocenters. The highest BCUT2D eigenvalue weighted by Gasteiger charge is 1.83. The Morgan fingerprint density at radius 2 is 1.27 bits per heavy atom. The van der Waals surface area contributed by atoms with Crippen molar-refractivity contribution in [1.29, 1.82) is 0 Å². The minimum atomic E-state index is 1.20. The lowest BCUT2D eigenvalue weighted by Gasteiger charge is -1.99. The van der Waals surface area contributed by atoms with Crippen LogP contribution < -0.4 is 17.0 Å². The van der Waals surface area contributed by atoms with Gasteiger partial charge in [0, 0.05) is 0 Å². The van der Waals surface area contributed by atoms with Gasteiger partial charge < -0.3 is 5.32 Å². The van der Waals surface area contributed by atoms with Gasteiger partial charge in [-0.2, -0.15) is 0 Å². The summed E-state index contributed by atoms with van der Waals surface area (Å²) in [6.07, 6.45) is 5.26. The fraction of sp³-hybridized carbons (Fsp3) is 1.00. The van der Waals surface area contributed by atoms with Gasteiger partial charge >= 0.3 is 0 Å². The average Bonchev–Trinajstić information content (AvgIpc) is 2.08. The largest absolute Gasteiger partial charge is 0.317 e. The lowest BCUT2D eigenvalue weighted by molar-refractivity contribution is 0.611. The molecule has 70 valence electrons. The number of nitrogens with one attached hydrogen (secondary N) is 1. The second-order valence-corrected chi connectivity index (χ2v) is 2.46. The summed E-state index contributed by atoms with van der Waals surface area (Å²) in [4.78, 5) is 0. The van der Waals surface area contributed by atoms with Crippen LogP contribution in [0.2, 0.25) is 0 Å². The van der Waals surface area contributed by atoms with Crippen LogP contribution in [0.15, 0.2) is 0 Å². The van der Waals surface area contributed by atoms with Gasteiger partial charge in [0.2, 0.25) is 0 Å². The van der Waals surface area contributed by atoms with Gasteiger partial charge in [0.25, 0.3) is 0 Å². The van der Waals surface area contributed by atoms with E-state index in [1.807, 2.05) is 0 Å². The maximum absolute atomic E-state index is 4.00. The van der Waals surface area contributed by atoms with Gasteiger partial charge in [-0.05, 0) is 25.9 Å². The molecule has 0 aromatic heterocycles. The molecule has 11 heavy (non-hydrogen) atoms. The second kappa shape index (κ2) is 16.5. The van der Waals surface area contributed by atoms with Gasteiger partial charge in [-0.15, -0.1) is 0 Å². The van der Waals surface area contributed by atoms with Gasteiger partial charge in [-0.3, -0.25) is 11.7 Å². The van der Waals surface area contributed by atoms with Crippen molar-refractivity contribution < 1.29 is 0 Å². The summed E-state index contributed by atoms with van der Waals surface area (Å²) in [6, 6.07) is 0. The lowest BCUT2D eigenvalue weighted by Crippen LogP contribution is -2.15. The highest BCUT2D eigenvalue weighted by molar-refractivity contribution is 4.45. The molecular weight excluding hydrogens is 138 g/mol. The molecule has 3 heteroatoms. The first-order valence-corrected chi connectivity index (χ1v) is 4.45. The maximum atomic E-state index is 4.00. The first kappa shape index (κ1) is 13.5. The van der Waals surface area contributed by atoms with E-state index in [1.165, 1.54) is 38.8 Å². The van der Waals surface area contributed by atoms with E-state index in [4.69, 9.17) is 0 Å². The lowest BCUT2D eigenvalue weighted by atomic mass is 10.3. The van der Waals surface area contributed by atoms with Crippen molar-refractivity contribution in [3.8, 4) is 0 Å². The zero-order valence-corrected chi connectivity index (χ0v) is 7.90. The molecule has 0 spiro atoms. The zero-order valence-electron chi connectivity index (χ0n) is 7.90. The molecule has 0 atom stereocenters. The second-order valence-electron chi connectivity index (χ2n) is 2.46. The Morgan fingerprint density at radius 1 is 0.909 bits per heavy atom. The zero-order chi connectivity index (χ0) is 8.95. The van der Waals surface area contributed by atoms with E-state index in [1.54, 1.807) is 0 Å². The van der Waals surface area contributed by atoms with Gasteiger partial charge in [0.1, 0.15) is 0 Å².